The molecule has 1 aliphatic heterocycles. The standard InChI is InChI=1S/C21H22FN5O/c22-18-14-10-24-21(28)17(14)19(12-9-13-5-3-4-8-27(13)11-12)26-20(18)25-16-7-2-1-6-15(16)23/h3-5,8-9,11,15-16H,1-2,6-7,10,23H2,(H,24,28)(H,25,26)/t15-,16+/m0/s1. The molecule has 28 heavy (non-hydrogen) atoms. The maximum atomic E-state index is 15.2. The minimum Gasteiger partial charge on any atom is -0.363 e. The van der Waals surface area contributed by atoms with E-state index in [1.165, 1.54) is 0 Å². The predicted molar refractivity (Wildman–Crippen MR) is 106 cm³/mol. The van der Waals surface area contributed by atoms with Crippen LogP contribution in [0.1, 0.15) is 41.6 Å². The molecule has 4 heterocycles. The summed E-state index contributed by atoms with van der Waals surface area (Å²) in [6.07, 6.45) is 7.82. The Morgan fingerprint density at radius 2 is 2.14 bits per heavy atom. The van der Waals surface area contributed by atoms with E-state index in [-0.39, 0.29) is 30.4 Å². The Hall–Kier alpha value is -2.93. The lowest BCUT2D eigenvalue weighted by Gasteiger charge is -2.30. The molecule has 1 fully saturated rings. The molecular weight excluding hydrogens is 357 g/mol. The smallest absolute Gasteiger partial charge is 0.254 e. The number of carbonyl (C=O) groups excluding carboxylic acids is 1. The predicted octanol–water partition coefficient (Wildman–Crippen LogP) is 3.07. The van der Waals surface area contributed by atoms with Crippen LogP contribution in [-0.2, 0) is 6.54 Å². The topological polar surface area (TPSA) is 84.4 Å². The summed E-state index contributed by atoms with van der Waals surface area (Å²) in [5.41, 5.74) is 9.20. The highest BCUT2D eigenvalue weighted by Crippen LogP contribution is 2.34. The van der Waals surface area contributed by atoms with Crippen molar-refractivity contribution >= 4 is 17.2 Å². The van der Waals surface area contributed by atoms with E-state index in [0.29, 0.717) is 16.8 Å². The summed E-state index contributed by atoms with van der Waals surface area (Å²) in [6.45, 7) is 0.175. The van der Waals surface area contributed by atoms with Gasteiger partial charge in [-0.2, -0.15) is 0 Å². The van der Waals surface area contributed by atoms with Crippen LogP contribution in [0.3, 0.4) is 0 Å². The Kier molecular flexibility index (Phi) is 4.05. The van der Waals surface area contributed by atoms with E-state index in [1.807, 2.05) is 41.1 Å². The van der Waals surface area contributed by atoms with Gasteiger partial charge in [-0.05, 0) is 31.0 Å². The van der Waals surface area contributed by atoms with E-state index in [2.05, 4.69) is 15.6 Å². The molecule has 5 rings (SSSR count). The Morgan fingerprint density at radius 3 is 2.96 bits per heavy atom. The molecule has 0 unspecified atom stereocenters. The quantitative estimate of drug-likeness (QED) is 0.653. The van der Waals surface area contributed by atoms with E-state index >= 15 is 4.39 Å². The summed E-state index contributed by atoms with van der Waals surface area (Å²) in [4.78, 5) is 17.0. The third-order valence-corrected chi connectivity index (χ3v) is 5.81. The molecule has 1 aliphatic carbocycles. The van der Waals surface area contributed by atoms with Gasteiger partial charge in [0.15, 0.2) is 11.6 Å². The number of rotatable bonds is 3. The van der Waals surface area contributed by atoms with Gasteiger partial charge < -0.3 is 20.8 Å². The first-order chi connectivity index (χ1) is 13.6. The zero-order chi connectivity index (χ0) is 19.3. The maximum absolute atomic E-state index is 15.2. The van der Waals surface area contributed by atoms with Crippen LogP contribution in [-0.4, -0.2) is 27.4 Å². The van der Waals surface area contributed by atoms with Crippen molar-refractivity contribution in [3.63, 3.8) is 0 Å². The molecule has 4 N–H and O–H groups in total. The van der Waals surface area contributed by atoms with Crippen molar-refractivity contribution in [3.05, 3.63) is 53.6 Å². The van der Waals surface area contributed by atoms with Gasteiger partial charge in [0.25, 0.3) is 5.91 Å². The highest BCUT2D eigenvalue weighted by atomic mass is 19.1. The van der Waals surface area contributed by atoms with E-state index < -0.39 is 5.82 Å². The van der Waals surface area contributed by atoms with Crippen molar-refractivity contribution in [3.8, 4) is 11.3 Å². The average Bonchev–Trinajstić information content (AvgIpc) is 3.30. The van der Waals surface area contributed by atoms with Gasteiger partial charge in [-0.25, -0.2) is 9.37 Å². The molecule has 0 radical (unpaired) electrons. The monoisotopic (exact) mass is 379 g/mol. The fourth-order valence-electron chi connectivity index (χ4n) is 4.28. The van der Waals surface area contributed by atoms with Crippen LogP contribution < -0.4 is 16.4 Å². The number of carbonyl (C=O) groups is 1. The zero-order valence-corrected chi connectivity index (χ0v) is 15.4. The molecule has 3 aromatic rings. The molecule has 0 spiro atoms. The van der Waals surface area contributed by atoms with E-state index in [4.69, 9.17) is 5.73 Å². The molecule has 0 bridgehead atoms. The van der Waals surface area contributed by atoms with E-state index in [0.717, 1.165) is 36.8 Å². The minimum atomic E-state index is -0.460. The molecule has 7 heteroatoms. The summed E-state index contributed by atoms with van der Waals surface area (Å²) in [5, 5.41) is 5.96. The molecule has 2 atom stereocenters. The number of fused-ring (bicyclic) bond motifs is 2. The van der Waals surface area contributed by atoms with Crippen molar-refractivity contribution in [1.29, 1.82) is 0 Å². The molecule has 6 nitrogen and oxygen atoms in total. The Balaban J connectivity index is 1.63. The molecule has 144 valence electrons. The lowest BCUT2D eigenvalue weighted by molar-refractivity contribution is 0.0966. The van der Waals surface area contributed by atoms with Crippen LogP contribution in [0.25, 0.3) is 16.8 Å². The third-order valence-electron chi connectivity index (χ3n) is 5.81. The molecule has 1 saturated carbocycles. The van der Waals surface area contributed by atoms with Crippen LogP contribution in [0.5, 0.6) is 0 Å². The first-order valence-corrected chi connectivity index (χ1v) is 9.71. The number of anilines is 1. The van der Waals surface area contributed by atoms with Gasteiger partial charge >= 0.3 is 0 Å². The molecule has 0 aromatic carbocycles. The van der Waals surface area contributed by atoms with Gasteiger partial charge in [-0.3, -0.25) is 4.79 Å². The highest BCUT2D eigenvalue weighted by molar-refractivity contribution is 6.04. The number of halogens is 1. The second-order valence-corrected chi connectivity index (χ2v) is 7.62. The van der Waals surface area contributed by atoms with Gasteiger partial charge in [-0.15, -0.1) is 0 Å². The van der Waals surface area contributed by atoms with Crippen LogP contribution in [0.2, 0.25) is 0 Å². The van der Waals surface area contributed by atoms with Crippen molar-refractivity contribution in [2.24, 2.45) is 5.73 Å². The average molecular weight is 379 g/mol. The van der Waals surface area contributed by atoms with Crippen molar-refractivity contribution in [2.75, 3.05) is 5.32 Å². The van der Waals surface area contributed by atoms with Crippen molar-refractivity contribution in [2.45, 2.75) is 44.3 Å². The summed E-state index contributed by atoms with van der Waals surface area (Å²) in [5.74, 6) is -0.561. The minimum absolute atomic E-state index is 0.0141. The number of nitrogens with two attached hydrogens (primary N) is 1. The SMILES string of the molecule is N[C@H]1CCCC[C@H]1Nc1nc(-c2cc3ccccn3c2)c2c(c1F)CNC2=O. The fraction of sp³-hybridized carbons (Fsp3) is 0.333. The van der Waals surface area contributed by atoms with Crippen molar-refractivity contribution < 1.29 is 9.18 Å². The Labute approximate surface area is 162 Å². The van der Waals surface area contributed by atoms with Crippen LogP contribution in [0.15, 0.2) is 36.7 Å². The van der Waals surface area contributed by atoms with Gasteiger partial charge in [0.1, 0.15) is 0 Å². The van der Waals surface area contributed by atoms with Gasteiger partial charge in [0.05, 0.1) is 11.3 Å². The Bertz CT molecular complexity index is 1040. The number of hydrogen-bond acceptors (Lipinski definition) is 4. The number of amides is 1. The zero-order valence-electron chi connectivity index (χ0n) is 15.4. The van der Waals surface area contributed by atoms with Crippen LogP contribution in [0.4, 0.5) is 10.2 Å². The number of aromatic nitrogens is 2. The summed E-state index contributed by atoms with van der Waals surface area (Å²) in [7, 11) is 0. The lowest BCUT2D eigenvalue weighted by atomic mass is 9.91. The molecular formula is C21H22FN5O. The molecule has 0 saturated heterocycles. The highest BCUT2D eigenvalue weighted by Gasteiger charge is 2.32. The second kappa shape index (κ2) is 6.60. The van der Waals surface area contributed by atoms with E-state index in [1.54, 1.807) is 0 Å². The number of nitrogens with one attached hydrogen (secondary N) is 2. The number of hydrogen-bond donors (Lipinski definition) is 3. The lowest BCUT2D eigenvalue weighted by Crippen LogP contribution is -2.43. The second-order valence-electron chi connectivity index (χ2n) is 7.62. The number of nitrogens with zero attached hydrogens (tertiary/aromatic N) is 2. The largest absolute Gasteiger partial charge is 0.363 e. The van der Waals surface area contributed by atoms with Gasteiger partial charge in [0, 0.05) is 47.7 Å². The van der Waals surface area contributed by atoms with E-state index in [9.17, 15) is 4.79 Å². The summed E-state index contributed by atoms with van der Waals surface area (Å²) < 4.78 is 17.1. The Morgan fingerprint density at radius 1 is 1.29 bits per heavy atom. The van der Waals surface area contributed by atoms with Gasteiger partial charge in [-0.1, -0.05) is 18.9 Å². The fourth-order valence-corrected chi connectivity index (χ4v) is 4.28. The van der Waals surface area contributed by atoms with Gasteiger partial charge in [0.2, 0.25) is 0 Å². The van der Waals surface area contributed by atoms with Crippen molar-refractivity contribution in [1.82, 2.24) is 14.7 Å². The van der Waals surface area contributed by atoms with Crippen LogP contribution in [0, 0.1) is 5.82 Å². The van der Waals surface area contributed by atoms with Crippen LogP contribution >= 0.6 is 0 Å². The summed E-state index contributed by atoms with van der Waals surface area (Å²) >= 11 is 0. The first kappa shape index (κ1) is 17.2. The molecule has 2 aliphatic rings. The normalized spacial score (nSPS) is 21.6. The first-order valence-electron chi connectivity index (χ1n) is 9.71. The third kappa shape index (κ3) is 2.74. The molecule has 1 amide bonds. The maximum Gasteiger partial charge on any atom is 0.254 e. The number of pyridine rings is 2. The molecule has 3 aromatic heterocycles. The summed E-state index contributed by atoms with van der Waals surface area (Å²) in [6, 6.07) is 7.79.